The number of halogens is 16. The van der Waals surface area contributed by atoms with E-state index in [2.05, 4.69) is 0 Å². The maximum absolute atomic E-state index is 12.8. The Morgan fingerprint density at radius 3 is 0.958 bits per heavy atom. The molecule has 0 N–H and O–H groups in total. The second kappa shape index (κ2) is 5.71. The Labute approximate surface area is 120 Å². The summed E-state index contributed by atoms with van der Waals surface area (Å²) in [6.07, 6.45) is -19.0. The van der Waals surface area contributed by atoms with Gasteiger partial charge in [0.15, 0.2) is 0 Å². The van der Waals surface area contributed by atoms with Gasteiger partial charge in [-0.2, -0.15) is 57.1 Å². The van der Waals surface area contributed by atoms with Crippen molar-refractivity contribution in [2.45, 2.75) is 48.4 Å². The van der Waals surface area contributed by atoms with Gasteiger partial charge in [-0.15, -0.1) is 0 Å². The minimum Gasteiger partial charge on any atom is -0.230 e. The van der Waals surface area contributed by atoms with E-state index in [4.69, 9.17) is 0 Å². The van der Waals surface area contributed by atoms with Gasteiger partial charge < -0.3 is 0 Å². The van der Waals surface area contributed by atoms with Gasteiger partial charge in [-0.3, -0.25) is 0 Å². The van der Waals surface area contributed by atoms with Crippen molar-refractivity contribution in [3.63, 3.8) is 0 Å². The normalized spacial score (nSPS) is 17.4. The van der Waals surface area contributed by atoms with E-state index >= 15 is 0 Å². The Morgan fingerprint density at radius 1 is 0.417 bits per heavy atom. The first-order valence-electron chi connectivity index (χ1n) is 4.98. The van der Waals surface area contributed by atoms with Gasteiger partial charge in [0, 0.05) is 0 Å². The van der Waals surface area contributed by atoms with Crippen LogP contribution >= 0.6 is 0 Å². The van der Waals surface area contributed by atoms with Gasteiger partial charge >= 0.3 is 42.2 Å². The highest BCUT2D eigenvalue weighted by molar-refractivity contribution is 5.11. The molecule has 0 amide bonds. The van der Waals surface area contributed by atoms with E-state index in [-0.39, 0.29) is 0 Å². The molecule has 0 aromatic carbocycles. The van der Waals surface area contributed by atoms with Crippen LogP contribution in [0.25, 0.3) is 0 Å². The first-order valence-corrected chi connectivity index (χ1v) is 4.98. The smallest absolute Gasteiger partial charge is 0.230 e. The molecule has 1 atom stereocenters. The lowest BCUT2D eigenvalue weighted by Crippen LogP contribution is -2.71. The molecule has 0 radical (unpaired) electrons. The topological polar surface area (TPSA) is 0 Å². The van der Waals surface area contributed by atoms with E-state index in [1.807, 2.05) is 0 Å². The summed E-state index contributed by atoms with van der Waals surface area (Å²) in [7, 11) is 0. The second-order valence-electron chi connectivity index (χ2n) is 4.17. The van der Waals surface area contributed by atoms with Gasteiger partial charge in [-0.25, -0.2) is 13.2 Å². The second-order valence-corrected chi connectivity index (χ2v) is 4.17. The molecule has 0 nitrogen and oxygen atoms in total. The Hall–Kier alpha value is -1.12. The fourth-order valence-corrected chi connectivity index (χ4v) is 1.12. The zero-order valence-electron chi connectivity index (χ0n) is 10.2. The molecular weight excluding hydrogens is 400 g/mol. The summed E-state index contributed by atoms with van der Waals surface area (Å²) in [5.74, 6) is -39.3. The predicted molar refractivity (Wildman–Crippen MR) is 41.7 cm³/mol. The van der Waals surface area contributed by atoms with Gasteiger partial charge in [-0.1, -0.05) is 0 Å². The number of rotatable bonds is 6. The fourth-order valence-electron chi connectivity index (χ4n) is 1.12. The summed E-state index contributed by atoms with van der Waals surface area (Å²) in [6, 6.07) is 0. The van der Waals surface area contributed by atoms with Gasteiger partial charge in [0.25, 0.3) is 6.17 Å². The summed E-state index contributed by atoms with van der Waals surface area (Å²) in [5.41, 5.74) is 0. The lowest BCUT2D eigenvalue weighted by molar-refractivity contribution is -0.426. The lowest BCUT2D eigenvalue weighted by atomic mass is 9.92. The molecule has 0 aromatic rings. The molecule has 0 saturated heterocycles. The average Bonchev–Trinajstić information content (AvgIpc) is 2.35. The highest BCUT2D eigenvalue weighted by atomic mass is 19.4. The number of alkyl halides is 16. The monoisotopic (exact) mass is 402 g/mol. The lowest BCUT2D eigenvalue weighted by Gasteiger charge is -2.40. The first-order chi connectivity index (χ1) is 10.1. The molecule has 0 aliphatic carbocycles. The molecule has 0 rings (SSSR count). The van der Waals surface area contributed by atoms with E-state index in [9.17, 15) is 70.2 Å². The summed E-state index contributed by atoms with van der Waals surface area (Å²) < 4.78 is 197. The van der Waals surface area contributed by atoms with Crippen molar-refractivity contribution in [3.05, 3.63) is 0 Å². The molecule has 0 aliphatic heterocycles. The van der Waals surface area contributed by atoms with Crippen LogP contribution in [0.3, 0.4) is 0 Å². The Balaban J connectivity index is 6.27. The van der Waals surface area contributed by atoms with Crippen LogP contribution in [0, 0.1) is 0 Å². The highest BCUT2D eigenvalue weighted by Gasteiger charge is 2.90. The van der Waals surface area contributed by atoms with Crippen LogP contribution in [-0.2, 0) is 0 Å². The van der Waals surface area contributed by atoms with Gasteiger partial charge in [0.05, 0.1) is 0 Å². The molecule has 16 heteroatoms. The van der Waals surface area contributed by atoms with E-state index in [0.29, 0.717) is 0 Å². The van der Waals surface area contributed by atoms with Crippen LogP contribution in [0.1, 0.15) is 0 Å². The third-order valence-electron chi connectivity index (χ3n) is 2.51. The standard InChI is InChI=1S/C8H2F16/c9-1(5(16,17)18)3(12,13)6(19,20)8(23,24)7(21,22)4(14,15)2(10)11/h1-2H. The van der Waals surface area contributed by atoms with Crippen LogP contribution in [0.15, 0.2) is 0 Å². The Morgan fingerprint density at radius 2 is 0.708 bits per heavy atom. The van der Waals surface area contributed by atoms with Crippen molar-refractivity contribution in [1.82, 2.24) is 0 Å². The quantitative estimate of drug-likeness (QED) is 0.528. The van der Waals surface area contributed by atoms with Gasteiger partial charge in [0.2, 0.25) is 0 Å². The van der Waals surface area contributed by atoms with Crippen molar-refractivity contribution in [2.75, 3.05) is 0 Å². The molecular formula is C8H2F16. The Bertz CT molecular complexity index is 443. The minimum atomic E-state index is -8.20. The molecule has 0 heterocycles. The zero-order chi connectivity index (χ0) is 20.2. The summed E-state index contributed by atoms with van der Waals surface area (Å²) in [4.78, 5) is 0. The highest BCUT2D eigenvalue weighted by Crippen LogP contribution is 2.59. The molecule has 0 aromatic heterocycles. The largest absolute Gasteiger partial charge is 0.425 e. The van der Waals surface area contributed by atoms with Crippen LogP contribution in [0.2, 0.25) is 0 Å². The van der Waals surface area contributed by atoms with Crippen LogP contribution in [-0.4, -0.2) is 48.4 Å². The minimum absolute atomic E-state index is 5.80. The van der Waals surface area contributed by atoms with E-state index < -0.39 is 48.4 Å². The molecule has 0 aliphatic rings. The Kier molecular flexibility index (Phi) is 5.44. The van der Waals surface area contributed by atoms with Crippen molar-refractivity contribution >= 4 is 0 Å². The van der Waals surface area contributed by atoms with Gasteiger partial charge in [-0.05, 0) is 0 Å². The van der Waals surface area contributed by atoms with Crippen LogP contribution in [0.5, 0.6) is 0 Å². The van der Waals surface area contributed by atoms with Crippen molar-refractivity contribution < 1.29 is 70.2 Å². The summed E-state index contributed by atoms with van der Waals surface area (Å²) in [6.45, 7) is 0. The summed E-state index contributed by atoms with van der Waals surface area (Å²) >= 11 is 0. The van der Waals surface area contributed by atoms with E-state index in [1.54, 1.807) is 0 Å². The zero-order valence-corrected chi connectivity index (χ0v) is 10.2. The number of hydrogen-bond acceptors (Lipinski definition) is 0. The molecule has 24 heavy (non-hydrogen) atoms. The van der Waals surface area contributed by atoms with Gasteiger partial charge in [0.1, 0.15) is 0 Å². The van der Waals surface area contributed by atoms with Crippen molar-refractivity contribution in [1.29, 1.82) is 0 Å². The maximum atomic E-state index is 12.8. The maximum Gasteiger partial charge on any atom is 0.425 e. The van der Waals surface area contributed by atoms with Crippen LogP contribution in [0.4, 0.5) is 70.2 Å². The average molecular weight is 402 g/mol. The molecule has 0 spiro atoms. The van der Waals surface area contributed by atoms with Crippen molar-refractivity contribution in [3.8, 4) is 0 Å². The summed E-state index contributed by atoms with van der Waals surface area (Å²) in [5, 5.41) is 0. The molecule has 1 unspecified atom stereocenters. The third kappa shape index (κ3) is 2.95. The van der Waals surface area contributed by atoms with E-state index in [0.717, 1.165) is 0 Å². The van der Waals surface area contributed by atoms with Crippen molar-refractivity contribution in [2.24, 2.45) is 0 Å². The van der Waals surface area contributed by atoms with Crippen LogP contribution < -0.4 is 0 Å². The molecule has 0 bridgehead atoms. The fraction of sp³-hybridized carbons (Fsp3) is 1.00. The molecule has 146 valence electrons. The molecule has 0 saturated carbocycles. The SMILES string of the molecule is FC(F)C(F)(F)C(F)(F)C(F)(F)C(F)(F)C(F)(F)C(F)C(F)(F)F. The number of hydrogen-bond donors (Lipinski definition) is 0. The third-order valence-corrected chi connectivity index (χ3v) is 2.51. The van der Waals surface area contributed by atoms with E-state index in [1.165, 1.54) is 0 Å². The first kappa shape index (κ1) is 22.9. The molecule has 0 fully saturated rings. The predicted octanol–water partition coefficient (Wildman–Crippen LogP) is 5.33.